The monoisotopic (exact) mass is 343 g/mol. The van der Waals surface area contributed by atoms with Crippen LogP contribution in [0.4, 0.5) is 0 Å². The van der Waals surface area contributed by atoms with E-state index in [0.29, 0.717) is 17.5 Å². The first-order valence-electron chi connectivity index (χ1n) is 8.33. The van der Waals surface area contributed by atoms with Crippen LogP contribution in [0.3, 0.4) is 0 Å². The predicted octanol–water partition coefficient (Wildman–Crippen LogP) is 0.733. The third-order valence-corrected chi connectivity index (χ3v) is 4.43. The number of likely N-dealkylation sites (tertiary alicyclic amines) is 1. The zero-order valence-electron chi connectivity index (χ0n) is 14.1. The van der Waals surface area contributed by atoms with Gasteiger partial charge >= 0.3 is 0 Å². The molecule has 1 aliphatic heterocycles. The van der Waals surface area contributed by atoms with Gasteiger partial charge in [0, 0.05) is 32.2 Å². The molecule has 132 valence electrons. The van der Waals surface area contributed by atoms with Crippen molar-refractivity contribution in [1.82, 2.24) is 15.5 Å². The molecule has 1 saturated heterocycles. The minimum Gasteiger partial charge on any atom is -0.451 e. The molecule has 0 atom stereocenters. The summed E-state index contributed by atoms with van der Waals surface area (Å²) in [6, 6.07) is 8.10. The summed E-state index contributed by atoms with van der Waals surface area (Å²) in [5.74, 6) is -0.371. The quantitative estimate of drug-likeness (QED) is 0.854. The second kappa shape index (κ2) is 7.48. The molecule has 0 radical (unpaired) electrons. The topological polar surface area (TPSA) is 91.7 Å². The minimum atomic E-state index is -0.382. The fourth-order valence-electron chi connectivity index (χ4n) is 2.99. The molecule has 2 amide bonds. The SMILES string of the molecule is CNC(=O)CN1CCC(NC(=O)c2cc(=O)c3ccccc3o2)CC1. The van der Waals surface area contributed by atoms with E-state index in [0.717, 1.165) is 25.9 Å². The van der Waals surface area contributed by atoms with Gasteiger partial charge in [0.05, 0.1) is 11.9 Å². The lowest BCUT2D eigenvalue weighted by atomic mass is 10.0. The summed E-state index contributed by atoms with van der Waals surface area (Å²) in [7, 11) is 1.62. The molecule has 1 aromatic carbocycles. The molecule has 2 heterocycles. The van der Waals surface area contributed by atoms with Crippen molar-refractivity contribution in [3.63, 3.8) is 0 Å². The van der Waals surface area contributed by atoms with E-state index in [2.05, 4.69) is 15.5 Å². The molecule has 0 saturated carbocycles. The molecular formula is C18H21N3O4. The molecule has 3 rings (SSSR count). The van der Waals surface area contributed by atoms with E-state index < -0.39 is 0 Å². The number of nitrogens with zero attached hydrogens (tertiary/aromatic N) is 1. The lowest BCUT2D eigenvalue weighted by Crippen LogP contribution is -2.47. The normalized spacial score (nSPS) is 15.9. The molecule has 0 unspecified atom stereocenters. The Kier molecular flexibility index (Phi) is 5.14. The Morgan fingerprint density at radius 2 is 1.96 bits per heavy atom. The maximum Gasteiger partial charge on any atom is 0.287 e. The molecular weight excluding hydrogens is 322 g/mol. The standard InChI is InChI=1S/C18H21N3O4/c1-19-17(23)11-21-8-6-12(7-9-21)20-18(24)16-10-14(22)13-4-2-3-5-15(13)25-16/h2-5,10,12H,6-9,11H2,1H3,(H,19,23)(H,20,24). The van der Waals surface area contributed by atoms with E-state index >= 15 is 0 Å². The van der Waals surface area contributed by atoms with E-state index in [4.69, 9.17) is 4.42 Å². The van der Waals surface area contributed by atoms with E-state index in [1.54, 1.807) is 31.3 Å². The smallest absolute Gasteiger partial charge is 0.287 e. The van der Waals surface area contributed by atoms with Crippen LogP contribution in [-0.4, -0.2) is 49.4 Å². The summed E-state index contributed by atoms with van der Waals surface area (Å²) in [5.41, 5.74) is 0.174. The number of benzene rings is 1. The van der Waals surface area contributed by atoms with Crippen LogP contribution in [0.1, 0.15) is 23.4 Å². The lowest BCUT2D eigenvalue weighted by molar-refractivity contribution is -0.122. The minimum absolute atomic E-state index is 0.00482. The van der Waals surface area contributed by atoms with E-state index in [9.17, 15) is 14.4 Å². The lowest BCUT2D eigenvalue weighted by Gasteiger charge is -2.31. The molecule has 0 bridgehead atoms. The van der Waals surface area contributed by atoms with Crippen molar-refractivity contribution in [2.75, 3.05) is 26.7 Å². The summed E-state index contributed by atoms with van der Waals surface area (Å²) in [5, 5.41) is 5.98. The molecule has 0 spiro atoms. The molecule has 2 aromatic rings. The highest BCUT2D eigenvalue weighted by Gasteiger charge is 2.23. The van der Waals surface area contributed by atoms with Crippen molar-refractivity contribution in [2.24, 2.45) is 0 Å². The first kappa shape index (κ1) is 17.2. The van der Waals surface area contributed by atoms with Gasteiger partial charge in [-0.1, -0.05) is 12.1 Å². The van der Waals surface area contributed by atoms with Gasteiger partial charge in [-0.25, -0.2) is 0 Å². The van der Waals surface area contributed by atoms with Crippen molar-refractivity contribution in [3.8, 4) is 0 Å². The van der Waals surface area contributed by atoms with Crippen molar-refractivity contribution in [2.45, 2.75) is 18.9 Å². The van der Waals surface area contributed by atoms with Crippen LogP contribution in [-0.2, 0) is 4.79 Å². The number of fused-ring (bicyclic) bond motifs is 1. The summed E-state index contributed by atoms with van der Waals surface area (Å²) >= 11 is 0. The third kappa shape index (κ3) is 4.06. The van der Waals surface area contributed by atoms with E-state index in [1.165, 1.54) is 6.07 Å². The Morgan fingerprint density at radius 1 is 1.24 bits per heavy atom. The number of hydrogen-bond donors (Lipinski definition) is 2. The fourth-order valence-corrected chi connectivity index (χ4v) is 2.99. The Hall–Kier alpha value is -2.67. The Balaban J connectivity index is 1.62. The van der Waals surface area contributed by atoms with Gasteiger partial charge in [-0.2, -0.15) is 0 Å². The Morgan fingerprint density at radius 3 is 2.68 bits per heavy atom. The Bertz CT molecular complexity index is 838. The van der Waals surface area contributed by atoms with Gasteiger partial charge < -0.3 is 15.1 Å². The van der Waals surface area contributed by atoms with Gasteiger partial charge in [0.15, 0.2) is 11.2 Å². The second-order valence-electron chi connectivity index (χ2n) is 6.17. The fraction of sp³-hybridized carbons (Fsp3) is 0.389. The van der Waals surface area contributed by atoms with Crippen LogP contribution >= 0.6 is 0 Å². The summed E-state index contributed by atoms with van der Waals surface area (Å²) < 4.78 is 5.56. The zero-order valence-corrected chi connectivity index (χ0v) is 14.1. The zero-order chi connectivity index (χ0) is 17.8. The number of nitrogens with one attached hydrogen (secondary N) is 2. The van der Waals surface area contributed by atoms with Crippen LogP contribution in [0.15, 0.2) is 39.5 Å². The molecule has 1 fully saturated rings. The maximum atomic E-state index is 12.4. The van der Waals surface area contributed by atoms with Crippen molar-refractivity contribution in [1.29, 1.82) is 0 Å². The summed E-state index contributed by atoms with van der Waals surface area (Å²) in [4.78, 5) is 37.9. The van der Waals surface area contributed by atoms with Gasteiger partial charge in [-0.05, 0) is 25.0 Å². The third-order valence-electron chi connectivity index (χ3n) is 4.43. The number of para-hydroxylation sites is 1. The van der Waals surface area contributed by atoms with Gasteiger partial charge in [0.1, 0.15) is 5.58 Å². The van der Waals surface area contributed by atoms with Gasteiger partial charge in [0.2, 0.25) is 5.91 Å². The number of hydrogen-bond acceptors (Lipinski definition) is 5. The average Bonchev–Trinajstić information content (AvgIpc) is 2.63. The highest BCUT2D eigenvalue weighted by molar-refractivity contribution is 5.93. The summed E-state index contributed by atoms with van der Waals surface area (Å²) in [6.07, 6.45) is 1.50. The van der Waals surface area contributed by atoms with Crippen LogP contribution in [0.5, 0.6) is 0 Å². The van der Waals surface area contributed by atoms with E-state index in [-0.39, 0.29) is 29.0 Å². The largest absolute Gasteiger partial charge is 0.451 e. The highest BCUT2D eigenvalue weighted by Crippen LogP contribution is 2.14. The molecule has 1 aliphatic rings. The molecule has 25 heavy (non-hydrogen) atoms. The molecule has 0 aliphatic carbocycles. The van der Waals surface area contributed by atoms with Gasteiger partial charge in [0.25, 0.3) is 5.91 Å². The van der Waals surface area contributed by atoms with Crippen LogP contribution in [0.2, 0.25) is 0 Å². The predicted molar refractivity (Wildman–Crippen MR) is 93.5 cm³/mol. The van der Waals surface area contributed by atoms with Crippen molar-refractivity contribution in [3.05, 3.63) is 46.3 Å². The number of likely N-dealkylation sites (N-methyl/N-ethyl adjacent to an activating group) is 1. The number of amides is 2. The number of piperidine rings is 1. The van der Waals surface area contributed by atoms with E-state index in [1.807, 2.05) is 0 Å². The van der Waals surface area contributed by atoms with Gasteiger partial charge in [-0.3, -0.25) is 19.3 Å². The van der Waals surface area contributed by atoms with Gasteiger partial charge in [-0.15, -0.1) is 0 Å². The van der Waals surface area contributed by atoms with Crippen molar-refractivity contribution >= 4 is 22.8 Å². The number of carbonyl (C=O) groups excluding carboxylic acids is 2. The first-order chi connectivity index (χ1) is 12.1. The maximum absolute atomic E-state index is 12.4. The number of rotatable bonds is 4. The molecule has 7 heteroatoms. The first-order valence-corrected chi connectivity index (χ1v) is 8.33. The molecule has 1 aromatic heterocycles. The molecule has 7 nitrogen and oxygen atoms in total. The molecule has 2 N–H and O–H groups in total. The van der Waals surface area contributed by atoms with Crippen LogP contribution in [0.25, 0.3) is 11.0 Å². The summed E-state index contributed by atoms with van der Waals surface area (Å²) in [6.45, 7) is 1.84. The highest BCUT2D eigenvalue weighted by atomic mass is 16.3. The average molecular weight is 343 g/mol. The second-order valence-corrected chi connectivity index (χ2v) is 6.17. The number of carbonyl (C=O) groups is 2. The van der Waals surface area contributed by atoms with Crippen molar-refractivity contribution < 1.29 is 14.0 Å². The van der Waals surface area contributed by atoms with Crippen LogP contribution in [0, 0.1) is 0 Å². The Labute approximate surface area is 145 Å². The van der Waals surface area contributed by atoms with Crippen LogP contribution < -0.4 is 16.1 Å².